The number of carbonyl (C=O) groups excluding carboxylic acids is 1. The number of nitrogens with two attached hydrogens (primary N) is 1. The number of alkyl halides is 2. The smallest absolute Gasteiger partial charge is 0.268 e. The van der Waals surface area contributed by atoms with Gasteiger partial charge in [0.05, 0.1) is 10.9 Å². The Kier molecular flexibility index (Phi) is 4.84. The van der Waals surface area contributed by atoms with Gasteiger partial charge >= 0.3 is 0 Å². The first-order valence-electron chi connectivity index (χ1n) is 10.7. The van der Waals surface area contributed by atoms with E-state index < -0.39 is 52.6 Å². The molecule has 0 bridgehead atoms. The number of aromatic amines is 1. The Morgan fingerprint density at radius 1 is 1.24 bits per heavy atom. The zero-order valence-corrected chi connectivity index (χ0v) is 17.7. The molecule has 33 heavy (non-hydrogen) atoms. The lowest BCUT2D eigenvalue weighted by molar-refractivity contribution is -0.0415. The number of amides is 1. The molecule has 0 radical (unpaired) electrons. The fourth-order valence-corrected chi connectivity index (χ4v) is 5.96. The van der Waals surface area contributed by atoms with Crippen LogP contribution in [0, 0.1) is 30.4 Å². The predicted molar refractivity (Wildman–Crippen MR) is 113 cm³/mol. The van der Waals surface area contributed by atoms with Crippen LogP contribution in [0.4, 0.5) is 17.6 Å². The first-order valence-corrected chi connectivity index (χ1v) is 10.7. The van der Waals surface area contributed by atoms with E-state index in [0.29, 0.717) is 16.8 Å². The number of benzene rings is 1. The number of nitrogens with one attached hydrogen (secondary N) is 1. The third-order valence-corrected chi connectivity index (χ3v) is 7.41. The van der Waals surface area contributed by atoms with E-state index in [1.165, 1.54) is 31.3 Å². The summed E-state index contributed by atoms with van der Waals surface area (Å²) in [6.07, 6.45) is 1.42. The van der Waals surface area contributed by atoms with Gasteiger partial charge in [0.1, 0.15) is 5.69 Å². The highest BCUT2D eigenvalue weighted by Gasteiger charge is 2.59. The number of rotatable bonds is 3. The molecule has 1 amide bonds. The van der Waals surface area contributed by atoms with Crippen LogP contribution in [-0.4, -0.2) is 21.8 Å². The van der Waals surface area contributed by atoms with Crippen molar-refractivity contribution in [3.05, 3.63) is 74.8 Å². The lowest BCUT2D eigenvalue weighted by Gasteiger charge is -2.27. The summed E-state index contributed by atoms with van der Waals surface area (Å²) in [5, 5.41) is 0.0258. The van der Waals surface area contributed by atoms with Crippen molar-refractivity contribution < 1.29 is 22.4 Å². The Hall–Kier alpha value is -3.23. The summed E-state index contributed by atoms with van der Waals surface area (Å²) in [7, 11) is 0. The third-order valence-electron chi connectivity index (χ3n) is 7.41. The van der Waals surface area contributed by atoms with Crippen LogP contribution >= 0.6 is 0 Å². The molecule has 2 saturated carbocycles. The molecule has 5 rings (SSSR count). The summed E-state index contributed by atoms with van der Waals surface area (Å²) in [5.74, 6) is -8.16. The standard InChI is InChI=1S/C24H21F4N3O2/c1-10-11(2-3-15(25)21(10)26)19-12-4-6-24(27,28)14(12)8-13(19)17-9-18(32)20-16(31-17)5-7-30-22(20)23(29)33/h2-3,5,7,9,12-14,19H,4,6,8H2,1H3,(H2,29,33)(H,31,32)/t12-,13+,14-,19-/m0/s1. The first kappa shape index (κ1) is 21.6. The molecule has 172 valence electrons. The summed E-state index contributed by atoms with van der Waals surface area (Å²) in [6, 6.07) is 5.26. The Balaban J connectivity index is 1.69. The summed E-state index contributed by atoms with van der Waals surface area (Å²) in [6.45, 7) is 1.44. The summed E-state index contributed by atoms with van der Waals surface area (Å²) < 4.78 is 57.7. The lowest BCUT2D eigenvalue weighted by Crippen LogP contribution is -2.23. The largest absolute Gasteiger partial charge is 0.364 e. The molecule has 0 saturated heterocycles. The Morgan fingerprint density at radius 3 is 2.73 bits per heavy atom. The van der Waals surface area contributed by atoms with Crippen molar-refractivity contribution in [3.63, 3.8) is 0 Å². The van der Waals surface area contributed by atoms with E-state index >= 15 is 0 Å². The minimum absolute atomic E-state index is 0.0258. The Labute approximate surface area is 186 Å². The van der Waals surface area contributed by atoms with Crippen molar-refractivity contribution in [3.8, 4) is 0 Å². The molecule has 3 N–H and O–H groups in total. The van der Waals surface area contributed by atoms with Crippen molar-refractivity contribution in [1.82, 2.24) is 9.97 Å². The molecule has 2 aliphatic rings. The number of pyridine rings is 2. The molecular formula is C24H21F4N3O2. The number of H-pyrrole nitrogens is 1. The van der Waals surface area contributed by atoms with Gasteiger partial charge in [0.15, 0.2) is 17.1 Å². The highest BCUT2D eigenvalue weighted by atomic mass is 19.3. The summed E-state index contributed by atoms with van der Waals surface area (Å²) in [4.78, 5) is 31.6. The molecule has 0 spiro atoms. The predicted octanol–water partition coefficient (Wildman–Crippen LogP) is 4.54. The van der Waals surface area contributed by atoms with Crippen molar-refractivity contribution >= 4 is 16.8 Å². The summed E-state index contributed by atoms with van der Waals surface area (Å²) >= 11 is 0. The minimum atomic E-state index is -2.87. The molecule has 2 aromatic heterocycles. The van der Waals surface area contributed by atoms with Gasteiger partial charge < -0.3 is 10.7 Å². The molecule has 2 fully saturated rings. The topological polar surface area (TPSA) is 88.8 Å². The monoisotopic (exact) mass is 459 g/mol. The van der Waals surface area contributed by atoms with Crippen LogP contribution in [-0.2, 0) is 0 Å². The first-order chi connectivity index (χ1) is 15.6. The second kappa shape index (κ2) is 7.40. The van der Waals surface area contributed by atoms with Crippen LogP contribution in [0.3, 0.4) is 0 Å². The van der Waals surface area contributed by atoms with Gasteiger partial charge in [-0.2, -0.15) is 0 Å². The van der Waals surface area contributed by atoms with Crippen molar-refractivity contribution in [1.29, 1.82) is 0 Å². The SMILES string of the molecule is Cc1c([C@H]2[C@H]3CCC(F)(F)[C@H]3C[C@@H]2c2cc(=O)c3c(C(N)=O)nccc3[nH]2)ccc(F)c1F. The highest BCUT2D eigenvalue weighted by Crippen LogP contribution is 2.63. The van der Waals surface area contributed by atoms with Gasteiger partial charge in [0.25, 0.3) is 11.8 Å². The van der Waals surface area contributed by atoms with E-state index in [4.69, 9.17) is 5.73 Å². The van der Waals surface area contributed by atoms with Gasteiger partial charge in [-0.15, -0.1) is 0 Å². The van der Waals surface area contributed by atoms with E-state index in [9.17, 15) is 27.2 Å². The van der Waals surface area contributed by atoms with Crippen LogP contribution in [0.2, 0.25) is 0 Å². The second-order valence-electron chi connectivity index (χ2n) is 9.05. The average Bonchev–Trinajstić information content (AvgIpc) is 3.29. The van der Waals surface area contributed by atoms with Gasteiger partial charge in [-0.3, -0.25) is 14.6 Å². The second-order valence-corrected chi connectivity index (χ2v) is 9.05. The van der Waals surface area contributed by atoms with E-state index in [2.05, 4.69) is 9.97 Å². The van der Waals surface area contributed by atoms with Crippen molar-refractivity contribution in [2.24, 2.45) is 17.6 Å². The minimum Gasteiger partial charge on any atom is -0.364 e. The number of primary amides is 1. The van der Waals surface area contributed by atoms with Crippen LogP contribution in [0.1, 0.15) is 58.4 Å². The number of halogens is 4. The molecule has 1 aromatic carbocycles. The lowest BCUT2D eigenvalue weighted by atomic mass is 9.78. The third kappa shape index (κ3) is 3.24. The fraction of sp³-hybridized carbons (Fsp3) is 0.375. The van der Waals surface area contributed by atoms with Crippen molar-refractivity contribution in [2.45, 2.75) is 43.9 Å². The average molecular weight is 459 g/mol. The fourth-order valence-electron chi connectivity index (χ4n) is 5.96. The molecule has 3 aromatic rings. The highest BCUT2D eigenvalue weighted by molar-refractivity contribution is 6.03. The maximum absolute atomic E-state index is 14.7. The van der Waals surface area contributed by atoms with Crippen LogP contribution in [0.25, 0.3) is 10.9 Å². The van der Waals surface area contributed by atoms with E-state index in [0.717, 1.165) is 6.07 Å². The molecule has 2 aliphatic carbocycles. The number of carbonyl (C=O) groups is 1. The number of nitrogens with zero attached hydrogens (tertiary/aromatic N) is 1. The van der Waals surface area contributed by atoms with Crippen LogP contribution in [0.15, 0.2) is 35.3 Å². The van der Waals surface area contributed by atoms with E-state index in [1.807, 2.05) is 0 Å². The molecule has 4 atom stereocenters. The van der Waals surface area contributed by atoms with Gasteiger partial charge in [-0.25, -0.2) is 17.6 Å². The number of hydrogen-bond donors (Lipinski definition) is 2. The van der Waals surface area contributed by atoms with E-state index in [-0.39, 0.29) is 35.9 Å². The van der Waals surface area contributed by atoms with E-state index in [1.54, 1.807) is 0 Å². The Morgan fingerprint density at radius 2 is 2.00 bits per heavy atom. The quantitative estimate of drug-likeness (QED) is 0.564. The molecule has 2 heterocycles. The molecule has 0 aliphatic heterocycles. The van der Waals surface area contributed by atoms with Gasteiger partial charge in [0, 0.05) is 36.2 Å². The number of fused-ring (bicyclic) bond motifs is 2. The van der Waals surface area contributed by atoms with Gasteiger partial charge in [-0.05, 0) is 54.9 Å². The maximum Gasteiger partial charge on any atom is 0.268 e. The zero-order valence-electron chi connectivity index (χ0n) is 17.7. The molecule has 5 nitrogen and oxygen atoms in total. The van der Waals surface area contributed by atoms with Gasteiger partial charge in [-0.1, -0.05) is 6.07 Å². The Bertz CT molecular complexity index is 1350. The van der Waals surface area contributed by atoms with Gasteiger partial charge in [0.2, 0.25) is 0 Å². The molecule has 0 unspecified atom stereocenters. The molecular weight excluding hydrogens is 438 g/mol. The summed E-state index contributed by atoms with van der Waals surface area (Å²) in [5.41, 5.74) is 5.93. The normalized spacial score (nSPS) is 26.0. The van der Waals surface area contributed by atoms with Crippen LogP contribution in [0.5, 0.6) is 0 Å². The maximum atomic E-state index is 14.7. The van der Waals surface area contributed by atoms with Crippen molar-refractivity contribution in [2.75, 3.05) is 0 Å². The zero-order chi connectivity index (χ0) is 23.7. The number of aromatic nitrogens is 2. The molecule has 9 heteroatoms. The van der Waals surface area contributed by atoms with Crippen LogP contribution < -0.4 is 11.2 Å². The number of hydrogen-bond acceptors (Lipinski definition) is 3.